The van der Waals surface area contributed by atoms with Crippen molar-refractivity contribution in [1.29, 1.82) is 0 Å². The summed E-state index contributed by atoms with van der Waals surface area (Å²) in [6, 6.07) is 8.55. The number of aliphatic carboxylic acids is 2. The van der Waals surface area contributed by atoms with Gasteiger partial charge in [-0.2, -0.15) is 5.10 Å². The predicted molar refractivity (Wildman–Crippen MR) is 118 cm³/mol. The molecule has 3 heterocycles. The standard InChI is InChI=1S/C21H25N5O.C2H2O4/c1-12(2)26-17-6-4-3-5-14(17)19(24-26)21-23-22-20(27-21)18-15-10-25(11-16(15)18)9-13-7-8-13;3-1(4)2(5)6/h3-6,12-13,15-16,18H,7-11H2,1-2H3;(H,3,4)(H,5,6). The monoisotopic (exact) mass is 453 g/mol. The second-order valence-corrected chi connectivity index (χ2v) is 9.48. The molecule has 174 valence electrons. The van der Waals surface area contributed by atoms with Crippen molar-refractivity contribution in [2.24, 2.45) is 17.8 Å². The summed E-state index contributed by atoms with van der Waals surface area (Å²) in [5, 5.41) is 29.4. The third kappa shape index (κ3) is 4.22. The topological polar surface area (TPSA) is 135 Å². The molecule has 6 rings (SSSR count). The molecule has 33 heavy (non-hydrogen) atoms. The largest absolute Gasteiger partial charge is 0.473 e. The van der Waals surface area contributed by atoms with Gasteiger partial charge in [0, 0.05) is 37.0 Å². The van der Waals surface area contributed by atoms with E-state index in [0.29, 0.717) is 23.6 Å². The molecule has 0 spiro atoms. The van der Waals surface area contributed by atoms with Crippen LogP contribution in [-0.4, -0.2) is 66.7 Å². The summed E-state index contributed by atoms with van der Waals surface area (Å²) in [5.74, 6) is 0.573. The van der Waals surface area contributed by atoms with Crippen LogP contribution in [0.4, 0.5) is 0 Å². The lowest BCUT2D eigenvalue weighted by Crippen LogP contribution is -2.26. The molecular formula is C23H27N5O5. The van der Waals surface area contributed by atoms with Crippen LogP contribution in [0, 0.1) is 17.8 Å². The number of carboxylic acid groups (broad SMARTS) is 2. The number of hydrogen-bond acceptors (Lipinski definition) is 7. The molecule has 0 amide bonds. The summed E-state index contributed by atoms with van der Waals surface area (Å²) in [6.07, 6.45) is 2.86. The highest BCUT2D eigenvalue weighted by Crippen LogP contribution is 2.58. The molecule has 1 aromatic carbocycles. The predicted octanol–water partition coefficient (Wildman–Crippen LogP) is 2.88. The first-order valence-electron chi connectivity index (χ1n) is 11.3. The van der Waals surface area contributed by atoms with E-state index in [2.05, 4.69) is 41.1 Å². The first kappa shape index (κ1) is 21.6. The van der Waals surface area contributed by atoms with E-state index in [9.17, 15) is 0 Å². The number of likely N-dealkylation sites (tertiary alicyclic amines) is 1. The molecular weight excluding hydrogens is 426 g/mol. The molecule has 1 saturated heterocycles. The van der Waals surface area contributed by atoms with Crippen LogP contribution in [-0.2, 0) is 9.59 Å². The van der Waals surface area contributed by atoms with Gasteiger partial charge in [-0.25, -0.2) is 9.59 Å². The van der Waals surface area contributed by atoms with Gasteiger partial charge < -0.3 is 19.5 Å². The number of piperidine rings is 1. The molecule has 0 bridgehead atoms. The number of benzene rings is 1. The molecule has 0 radical (unpaired) electrons. The normalized spacial score (nSPS) is 23.9. The molecule has 2 atom stereocenters. The Kier molecular flexibility index (Phi) is 5.40. The number of nitrogens with zero attached hydrogens (tertiary/aromatic N) is 5. The van der Waals surface area contributed by atoms with Gasteiger partial charge in [0.15, 0.2) is 5.69 Å². The van der Waals surface area contributed by atoms with E-state index in [1.54, 1.807) is 0 Å². The molecule has 3 aromatic rings. The number of carboxylic acids is 2. The molecule has 2 aromatic heterocycles. The first-order valence-corrected chi connectivity index (χ1v) is 11.3. The highest BCUT2D eigenvalue weighted by atomic mass is 16.4. The molecule has 2 N–H and O–H groups in total. The quantitative estimate of drug-likeness (QED) is 0.559. The van der Waals surface area contributed by atoms with Gasteiger partial charge in [-0.1, -0.05) is 18.2 Å². The Morgan fingerprint density at radius 1 is 1.09 bits per heavy atom. The highest BCUT2D eigenvalue weighted by Gasteiger charge is 2.59. The van der Waals surface area contributed by atoms with Crippen molar-refractivity contribution < 1.29 is 24.2 Å². The Morgan fingerprint density at radius 3 is 2.36 bits per heavy atom. The maximum absolute atomic E-state index is 9.10. The SMILES string of the molecule is CC(C)n1nc(-c2nnc(C3C4CN(CC5CC5)CC43)o2)c2ccccc21.O=C(O)C(=O)O. The number of hydrogen-bond donors (Lipinski definition) is 2. The van der Waals surface area contributed by atoms with Crippen molar-refractivity contribution in [3.8, 4) is 11.6 Å². The highest BCUT2D eigenvalue weighted by molar-refractivity contribution is 6.27. The molecule has 10 nitrogen and oxygen atoms in total. The Hall–Kier alpha value is -3.27. The zero-order chi connectivity index (χ0) is 23.3. The molecule has 10 heteroatoms. The van der Waals surface area contributed by atoms with Crippen LogP contribution < -0.4 is 0 Å². The fourth-order valence-electron chi connectivity index (χ4n) is 4.90. The van der Waals surface area contributed by atoms with Crippen molar-refractivity contribution in [2.75, 3.05) is 19.6 Å². The van der Waals surface area contributed by atoms with Crippen molar-refractivity contribution in [3.05, 3.63) is 30.2 Å². The molecule has 2 aliphatic carbocycles. The van der Waals surface area contributed by atoms with Crippen LogP contribution in [0.15, 0.2) is 28.7 Å². The number of rotatable bonds is 5. The van der Waals surface area contributed by atoms with E-state index in [4.69, 9.17) is 29.3 Å². The first-order chi connectivity index (χ1) is 15.8. The lowest BCUT2D eigenvalue weighted by atomic mass is 10.2. The summed E-state index contributed by atoms with van der Waals surface area (Å²) in [4.78, 5) is 20.8. The molecule has 3 fully saturated rings. The van der Waals surface area contributed by atoms with Crippen LogP contribution >= 0.6 is 0 Å². The van der Waals surface area contributed by atoms with Gasteiger partial charge >= 0.3 is 11.9 Å². The number of carbonyl (C=O) groups is 2. The second kappa shape index (κ2) is 8.26. The van der Waals surface area contributed by atoms with Gasteiger partial charge in [0.2, 0.25) is 5.89 Å². The van der Waals surface area contributed by atoms with Gasteiger partial charge in [0.05, 0.1) is 5.52 Å². The summed E-state index contributed by atoms with van der Waals surface area (Å²) in [6.45, 7) is 7.98. The van der Waals surface area contributed by atoms with E-state index in [1.807, 2.05) is 16.8 Å². The van der Waals surface area contributed by atoms with E-state index >= 15 is 0 Å². The average Bonchev–Trinajstić information content (AvgIpc) is 3.51. The van der Waals surface area contributed by atoms with E-state index in [-0.39, 0.29) is 6.04 Å². The third-order valence-electron chi connectivity index (χ3n) is 6.70. The van der Waals surface area contributed by atoms with Crippen LogP contribution in [0.2, 0.25) is 0 Å². The molecule has 2 unspecified atom stereocenters. The van der Waals surface area contributed by atoms with Gasteiger partial charge in [-0.3, -0.25) is 4.68 Å². The van der Waals surface area contributed by atoms with E-state index < -0.39 is 11.9 Å². The van der Waals surface area contributed by atoms with Crippen LogP contribution in [0.3, 0.4) is 0 Å². The zero-order valence-corrected chi connectivity index (χ0v) is 18.6. The van der Waals surface area contributed by atoms with Crippen LogP contribution in [0.25, 0.3) is 22.5 Å². The minimum atomic E-state index is -1.82. The van der Waals surface area contributed by atoms with Gasteiger partial charge in [-0.05, 0) is 50.5 Å². The lowest BCUT2D eigenvalue weighted by Gasteiger charge is -2.17. The van der Waals surface area contributed by atoms with Crippen molar-refractivity contribution in [1.82, 2.24) is 24.9 Å². The minimum Gasteiger partial charge on any atom is -0.473 e. The Labute approximate surface area is 190 Å². The number of fused-ring (bicyclic) bond motifs is 2. The van der Waals surface area contributed by atoms with Gasteiger partial charge in [0.1, 0.15) is 0 Å². The maximum atomic E-state index is 9.10. The smallest absolute Gasteiger partial charge is 0.414 e. The zero-order valence-electron chi connectivity index (χ0n) is 18.6. The Bertz CT molecular complexity index is 1170. The van der Waals surface area contributed by atoms with Crippen molar-refractivity contribution >= 4 is 22.8 Å². The third-order valence-corrected chi connectivity index (χ3v) is 6.70. The minimum absolute atomic E-state index is 0.284. The Morgan fingerprint density at radius 2 is 1.76 bits per heavy atom. The maximum Gasteiger partial charge on any atom is 0.414 e. The summed E-state index contributed by atoms with van der Waals surface area (Å²) < 4.78 is 8.18. The second-order valence-electron chi connectivity index (χ2n) is 9.48. The fourth-order valence-corrected chi connectivity index (χ4v) is 4.90. The number of aromatic nitrogens is 4. The van der Waals surface area contributed by atoms with E-state index in [0.717, 1.165) is 28.4 Å². The average molecular weight is 453 g/mol. The van der Waals surface area contributed by atoms with E-state index in [1.165, 1.54) is 32.5 Å². The fraction of sp³-hybridized carbons (Fsp3) is 0.522. The summed E-state index contributed by atoms with van der Waals surface area (Å²) >= 11 is 0. The van der Waals surface area contributed by atoms with Crippen LogP contribution in [0.5, 0.6) is 0 Å². The van der Waals surface area contributed by atoms with Crippen LogP contribution in [0.1, 0.15) is 44.5 Å². The van der Waals surface area contributed by atoms with Crippen molar-refractivity contribution in [3.63, 3.8) is 0 Å². The van der Waals surface area contributed by atoms with Crippen molar-refractivity contribution in [2.45, 2.75) is 38.6 Å². The molecule has 3 aliphatic rings. The number of para-hydroxylation sites is 1. The molecule has 1 aliphatic heterocycles. The lowest BCUT2D eigenvalue weighted by molar-refractivity contribution is -0.159. The van der Waals surface area contributed by atoms with Gasteiger partial charge in [0.25, 0.3) is 5.89 Å². The molecule has 2 saturated carbocycles. The Balaban J connectivity index is 0.000000340. The summed E-state index contributed by atoms with van der Waals surface area (Å²) in [5.41, 5.74) is 1.92. The summed E-state index contributed by atoms with van der Waals surface area (Å²) in [7, 11) is 0. The van der Waals surface area contributed by atoms with Gasteiger partial charge in [-0.15, -0.1) is 10.2 Å².